The predicted octanol–water partition coefficient (Wildman–Crippen LogP) is 2.96. The normalized spacial score (nSPS) is 12.1. The monoisotopic (exact) mass is 317 g/mol. The molecule has 1 amide bonds. The molecule has 7 heteroatoms. The van der Waals surface area contributed by atoms with E-state index in [1.807, 2.05) is 26.8 Å². The number of halogens is 3. The molecule has 0 aliphatic carbocycles. The van der Waals surface area contributed by atoms with Crippen LogP contribution in [0, 0.1) is 0 Å². The molecule has 0 heterocycles. The number of nitrogens with zero attached hydrogens (tertiary/aromatic N) is 1. The maximum Gasteiger partial charge on any atom is 0.471 e. The minimum Gasteiger partial charge on any atom is -0.480 e. The Labute approximate surface area is 126 Å². The number of hydrogen-bond acceptors (Lipinski definition) is 2. The number of hydrogen-bond donors (Lipinski definition) is 1. The van der Waals surface area contributed by atoms with E-state index in [1.54, 1.807) is 18.2 Å². The molecule has 22 heavy (non-hydrogen) atoms. The maximum atomic E-state index is 12.5. The van der Waals surface area contributed by atoms with E-state index in [1.165, 1.54) is 0 Å². The van der Waals surface area contributed by atoms with Gasteiger partial charge in [0.25, 0.3) is 0 Å². The Morgan fingerprint density at radius 1 is 1.18 bits per heavy atom. The van der Waals surface area contributed by atoms with E-state index in [-0.39, 0.29) is 10.3 Å². The quantitative estimate of drug-likeness (QED) is 0.929. The molecule has 0 saturated heterocycles. The number of benzene rings is 1. The molecule has 0 fully saturated rings. The van der Waals surface area contributed by atoms with Crippen molar-refractivity contribution in [1.29, 1.82) is 0 Å². The van der Waals surface area contributed by atoms with E-state index in [2.05, 4.69) is 0 Å². The Bertz CT molecular complexity index is 562. The first-order valence-corrected chi connectivity index (χ1v) is 6.58. The van der Waals surface area contributed by atoms with Gasteiger partial charge in [-0.05, 0) is 16.5 Å². The lowest BCUT2D eigenvalue weighted by molar-refractivity contribution is -0.187. The molecule has 0 aliphatic rings. The number of alkyl halides is 3. The topological polar surface area (TPSA) is 57.6 Å². The number of carbonyl (C=O) groups excluding carboxylic acids is 1. The summed E-state index contributed by atoms with van der Waals surface area (Å²) in [6, 6.07) is 6.75. The van der Waals surface area contributed by atoms with Crippen molar-refractivity contribution in [2.24, 2.45) is 0 Å². The van der Waals surface area contributed by atoms with Gasteiger partial charge in [-0.1, -0.05) is 45.0 Å². The van der Waals surface area contributed by atoms with Crippen LogP contribution in [0.2, 0.25) is 0 Å². The molecular weight excluding hydrogens is 299 g/mol. The minimum atomic E-state index is -5.10. The summed E-state index contributed by atoms with van der Waals surface area (Å²) in [6.45, 7) is 4.43. The van der Waals surface area contributed by atoms with Gasteiger partial charge < -0.3 is 10.0 Å². The van der Waals surface area contributed by atoms with Gasteiger partial charge in [0, 0.05) is 6.54 Å². The lowest BCUT2D eigenvalue weighted by Crippen LogP contribution is -2.43. The average Bonchev–Trinajstić information content (AvgIpc) is 2.34. The van der Waals surface area contributed by atoms with Crippen molar-refractivity contribution in [3.63, 3.8) is 0 Å². The molecule has 122 valence electrons. The molecule has 1 aromatic carbocycles. The van der Waals surface area contributed by atoms with Crippen molar-refractivity contribution in [1.82, 2.24) is 4.90 Å². The Morgan fingerprint density at radius 3 is 2.23 bits per heavy atom. The summed E-state index contributed by atoms with van der Waals surface area (Å²) < 4.78 is 37.6. The van der Waals surface area contributed by atoms with Gasteiger partial charge in [0.15, 0.2) is 0 Å². The number of carboxylic acids is 1. The highest BCUT2D eigenvalue weighted by Crippen LogP contribution is 2.24. The fraction of sp³-hybridized carbons (Fsp3) is 0.467. The standard InChI is InChI=1S/C15H18F3NO3/c1-14(2,3)11-6-4-5-10(7-11)8-19(9-12(20)21)13(22)15(16,17)18/h4-7H,8-9H2,1-3H3,(H,20,21). The Morgan fingerprint density at radius 2 is 1.77 bits per heavy atom. The molecule has 0 saturated carbocycles. The van der Waals surface area contributed by atoms with Crippen LogP contribution in [0.25, 0.3) is 0 Å². The van der Waals surface area contributed by atoms with E-state index in [0.717, 1.165) is 5.56 Å². The van der Waals surface area contributed by atoms with E-state index in [0.29, 0.717) is 5.56 Å². The molecular formula is C15H18F3NO3. The third-order valence-corrected chi connectivity index (χ3v) is 3.02. The van der Waals surface area contributed by atoms with Crippen molar-refractivity contribution in [2.45, 2.75) is 38.9 Å². The molecule has 0 aliphatic heterocycles. The van der Waals surface area contributed by atoms with Gasteiger partial charge in [-0.3, -0.25) is 9.59 Å². The summed E-state index contributed by atoms with van der Waals surface area (Å²) in [7, 11) is 0. The van der Waals surface area contributed by atoms with Crippen molar-refractivity contribution >= 4 is 11.9 Å². The fourth-order valence-corrected chi connectivity index (χ4v) is 1.90. The molecule has 1 N–H and O–H groups in total. The zero-order chi connectivity index (χ0) is 17.1. The minimum absolute atomic E-state index is 0.207. The molecule has 1 rings (SSSR count). The number of carbonyl (C=O) groups is 2. The molecule has 0 radical (unpaired) electrons. The lowest BCUT2D eigenvalue weighted by atomic mass is 9.86. The van der Waals surface area contributed by atoms with Crippen LogP contribution in [0.3, 0.4) is 0 Å². The van der Waals surface area contributed by atoms with Gasteiger partial charge in [0.2, 0.25) is 0 Å². The summed E-state index contributed by atoms with van der Waals surface area (Å²) in [6.07, 6.45) is -5.10. The number of carboxylic acid groups (broad SMARTS) is 1. The number of aliphatic carboxylic acids is 1. The largest absolute Gasteiger partial charge is 0.480 e. The van der Waals surface area contributed by atoms with Gasteiger partial charge >= 0.3 is 18.1 Å². The summed E-state index contributed by atoms with van der Waals surface area (Å²) in [5, 5.41) is 8.70. The van der Waals surface area contributed by atoms with Gasteiger partial charge in [-0.2, -0.15) is 13.2 Å². The van der Waals surface area contributed by atoms with Crippen LogP contribution in [0.15, 0.2) is 24.3 Å². The van der Waals surface area contributed by atoms with Crippen molar-refractivity contribution in [3.8, 4) is 0 Å². The molecule has 4 nitrogen and oxygen atoms in total. The van der Waals surface area contributed by atoms with Gasteiger partial charge in [0.05, 0.1) is 0 Å². The summed E-state index contributed by atoms with van der Waals surface area (Å²) in [5.74, 6) is -3.65. The predicted molar refractivity (Wildman–Crippen MR) is 74.2 cm³/mol. The molecule has 0 unspecified atom stereocenters. The van der Waals surface area contributed by atoms with Crippen LogP contribution >= 0.6 is 0 Å². The fourth-order valence-electron chi connectivity index (χ4n) is 1.90. The summed E-state index contributed by atoms with van der Waals surface area (Å²) in [5.41, 5.74) is 1.13. The van der Waals surface area contributed by atoms with Gasteiger partial charge in [-0.15, -0.1) is 0 Å². The van der Waals surface area contributed by atoms with Crippen LogP contribution in [0.5, 0.6) is 0 Å². The summed E-state index contributed by atoms with van der Waals surface area (Å²) in [4.78, 5) is 22.3. The first kappa shape index (κ1) is 18.0. The van der Waals surface area contributed by atoms with Crippen LogP contribution in [0.4, 0.5) is 13.2 Å². The molecule has 1 aromatic rings. The zero-order valence-corrected chi connectivity index (χ0v) is 12.6. The molecule has 0 bridgehead atoms. The van der Waals surface area contributed by atoms with Crippen molar-refractivity contribution < 1.29 is 27.9 Å². The van der Waals surface area contributed by atoms with Crippen LogP contribution < -0.4 is 0 Å². The lowest BCUT2D eigenvalue weighted by Gasteiger charge is -2.24. The van der Waals surface area contributed by atoms with Gasteiger partial charge in [0.1, 0.15) is 6.54 Å². The third-order valence-electron chi connectivity index (χ3n) is 3.02. The highest BCUT2D eigenvalue weighted by atomic mass is 19.4. The van der Waals surface area contributed by atoms with E-state index in [4.69, 9.17) is 5.11 Å². The molecule has 0 aromatic heterocycles. The second-order valence-electron chi connectivity index (χ2n) is 6.00. The third kappa shape index (κ3) is 5.05. The SMILES string of the molecule is CC(C)(C)c1cccc(CN(CC(=O)O)C(=O)C(F)(F)F)c1. The van der Waals surface area contributed by atoms with E-state index < -0.39 is 31.1 Å². The van der Waals surface area contributed by atoms with Crippen LogP contribution in [-0.2, 0) is 21.5 Å². The van der Waals surface area contributed by atoms with Crippen molar-refractivity contribution in [3.05, 3.63) is 35.4 Å². The van der Waals surface area contributed by atoms with E-state index in [9.17, 15) is 22.8 Å². The second kappa shape index (κ2) is 6.37. The van der Waals surface area contributed by atoms with E-state index >= 15 is 0 Å². The highest BCUT2D eigenvalue weighted by molar-refractivity contribution is 5.85. The van der Waals surface area contributed by atoms with Crippen molar-refractivity contribution in [2.75, 3.05) is 6.54 Å². The van der Waals surface area contributed by atoms with Crippen LogP contribution in [-0.4, -0.2) is 34.6 Å². The first-order valence-electron chi connectivity index (χ1n) is 6.58. The van der Waals surface area contributed by atoms with Gasteiger partial charge in [-0.25, -0.2) is 0 Å². The smallest absolute Gasteiger partial charge is 0.471 e. The molecule has 0 atom stereocenters. The molecule has 0 spiro atoms. The average molecular weight is 317 g/mol. The Balaban J connectivity index is 3.05. The Hall–Kier alpha value is -2.05. The summed E-state index contributed by atoms with van der Waals surface area (Å²) >= 11 is 0. The van der Waals surface area contributed by atoms with Crippen LogP contribution in [0.1, 0.15) is 31.9 Å². The first-order chi connectivity index (χ1) is 9.91. The second-order valence-corrected chi connectivity index (χ2v) is 6.00. The maximum absolute atomic E-state index is 12.5. The zero-order valence-electron chi connectivity index (χ0n) is 12.6. The highest BCUT2D eigenvalue weighted by Gasteiger charge is 2.43. The number of rotatable bonds is 4. The Kier molecular flexibility index (Phi) is 5.22. The number of amides is 1.